The van der Waals surface area contributed by atoms with Gasteiger partial charge in [-0.1, -0.05) is 29.3 Å². The van der Waals surface area contributed by atoms with Crippen molar-refractivity contribution in [2.45, 2.75) is 32.7 Å². The number of carbonyl (C=O) groups excluding carboxylic acids is 1. The highest BCUT2D eigenvalue weighted by Crippen LogP contribution is 2.34. The molecular formula is C19H20N4O. The zero-order valence-electron chi connectivity index (χ0n) is 13.9. The Morgan fingerprint density at radius 3 is 2.62 bits per heavy atom. The highest BCUT2D eigenvalue weighted by atomic mass is 16.2. The topological polar surface area (TPSA) is 61.9 Å². The van der Waals surface area contributed by atoms with Crippen molar-refractivity contribution in [3.8, 4) is 0 Å². The lowest BCUT2D eigenvalue weighted by Crippen LogP contribution is -2.30. The SMILES string of the molecule is Cc1cc(C)cc(C2CCCN2C(=O)c2ccc3n[nH]nc3c2)c1. The molecule has 5 heteroatoms. The van der Waals surface area contributed by atoms with E-state index in [0.717, 1.165) is 30.4 Å². The van der Waals surface area contributed by atoms with E-state index in [4.69, 9.17) is 0 Å². The summed E-state index contributed by atoms with van der Waals surface area (Å²) in [6.07, 6.45) is 2.05. The van der Waals surface area contributed by atoms with Gasteiger partial charge in [-0.25, -0.2) is 0 Å². The van der Waals surface area contributed by atoms with Crippen LogP contribution in [-0.2, 0) is 0 Å². The number of aromatic nitrogens is 3. The summed E-state index contributed by atoms with van der Waals surface area (Å²) in [5.41, 5.74) is 5.90. The molecule has 1 amide bonds. The number of nitrogens with zero attached hydrogens (tertiary/aromatic N) is 3. The van der Waals surface area contributed by atoms with Crippen molar-refractivity contribution in [3.05, 3.63) is 58.7 Å². The van der Waals surface area contributed by atoms with Gasteiger partial charge in [-0.2, -0.15) is 15.4 Å². The van der Waals surface area contributed by atoms with Crippen LogP contribution in [0.15, 0.2) is 36.4 Å². The fourth-order valence-corrected chi connectivity index (χ4v) is 3.70. The first-order valence-corrected chi connectivity index (χ1v) is 8.31. The second kappa shape index (κ2) is 5.74. The van der Waals surface area contributed by atoms with Crippen LogP contribution in [0.25, 0.3) is 11.0 Å². The molecule has 24 heavy (non-hydrogen) atoms. The number of likely N-dealkylation sites (tertiary alicyclic amines) is 1. The smallest absolute Gasteiger partial charge is 0.254 e. The van der Waals surface area contributed by atoms with Gasteiger partial charge in [0.15, 0.2) is 0 Å². The molecule has 3 aromatic rings. The maximum atomic E-state index is 13.0. The van der Waals surface area contributed by atoms with E-state index >= 15 is 0 Å². The van der Waals surface area contributed by atoms with E-state index in [0.29, 0.717) is 5.56 Å². The first-order valence-electron chi connectivity index (χ1n) is 8.31. The van der Waals surface area contributed by atoms with Crippen LogP contribution in [0.4, 0.5) is 0 Å². The van der Waals surface area contributed by atoms with E-state index in [1.165, 1.54) is 16.7 Å². The zero-order valence-corrected chi connectivity index (χ0v) is 13.9. The van der Waals surface area contributed by atoms with Crippen molar-refractivity contribution >= 4 is 16.9 Å². The molecular weight excluding hydrogens is 300 g/mol. The molecule has 1 aromatic heterocycles. The van der Waals surface area contributed by atoms with Crippen molar-refractivity contribution in [2.75, 3.05) is 6.54 Å². The number of hydrogen-bond acceptors (Lipinski definition) is 3. The maximum Gasteiger partial charge on any atom is 0.254 e. The predicted octanol–water partition coefficient (Wildman–Crippen LogP) is 3.55. The van der Waals surface area contributed by atoms with E-state index in [1.807, 2.05) is 23.1 Å². The molecule has 1 aliphatic heterocycles. The van der Waals surface area contributed by atoms with Crippen LogP contribution in [0.1, 0.15) is 45.9 Å². The summed E-state index contributed by atoms with van der Waals surface area (Å²) >= 11 is 0. The van der Waals surface area contributed by atoms with E-state index < -0.39 is 0 Å². The minimum atomic E-state index is 0.0709. The molecule has 0 bridgehead atoms. The van der Waals surface area contributed by atoms with Crippen LogP contribution in [-0.4, -0.2) is 32.8 Å². The number of benzene rings is 2. The lowest BCUT2D eigenvalue weighted by Gasteiger charge is -2.26. The zero-order chi connectivity index (χ0) is 16.7. The number of hydrogen-bond donors (Lipinski definition) is 1. The number of aromatic amines is 1. The minimum Gasteiger partial charge on any atom is -0.332 e. The second-order valence-electron chi connectivity index (χ2n) is 6.60. The number of nitrogens with one attached hydrogen (secondary N) is 1. The third kappa shape index (κ3) is 2.56. The summed E-state index contributed by atoms with van der Waals surface area (Å²) in [6.45, 7) is 5.01. The van der Waals surface area contributed by atoms with Crippen molar-refractivity contribution in [1.29, 1.82) is 0 Å². The van der Waals surface area contributed by atoms with Crippen molar-refractivity contribution in [3.63, 3.8) is 0 Å². The Balaban J connectivity index is 1.67. The molecule has 0 spiro atoms. The predicted molar refractivity (Wildman–Crippen MR) is 92.8 cm³/mol. The number of H-pyrrole nitrogens is 1. The Bertz CT molecular complexity index is 894. The largest absolute Gasteiger partial charge is 0.332 e. The van der Waals surface area contributed by atoms with Crippen LogP contribution < -0.4 is 0 Å². The van der Waals surface area contributed by atoms with Gasteiger partial charge in [0.05, 0.1) is 6.04 Å². The summed E-state index contributed by atoms with van der Waals surface area (Å²) in [4.78, 5) is 15.0. The van der Waals surface area contributed by atoms with Gasteiger partial charge in [0.2, 0.25) is 0 Å². The van der Waals surface area contributed by atoms with Gasteiger partial charge >= 0.3 is 0 Å². The summed E-state index contributed by atoms with van der Waals surface area (Å²) < 4.78 is 0. The molecule has 1 aliphatic rings. The fraction of sp³-hybridized carbons (Fsp3) is 0.316. The van der Waals surface area contributed by atoms with Gasteiger partial charge < -0.3 is 4.90 Å². The Kier molecular flexibility index (Phi) is 3.56. The van der Waals surface area contributed by atoms with E-state index in [1.54, 1.807) is 0 Å². The second-order valence-corrected chi connectivity index (χ2v) is 6.60. The monoisotopic (exact) mass is 320 g/mol. The molecule has 0 aliphatic carbocycles. The van der Waals surface area contributed by atoms with Gasteiger partial charge in [-0.15, -0.1) is 0 Å². The summed E-state index contributed by atoms with van der Waals surface area (Å²) in [6, 6.07) is 12.2. The van der Waals surface area contributed by atoms with Crippen LogP contribution in [0.3, 0.4) is 0 Å². The first-order chi connectivity index (χ1) is 11.6. The molecule has 1 fully saturated rings. The van der Waals surface area contributed by atoms with Gasteiger partial charge in [-0.05, 0) is 50.5 Å². The number of carbonyl (C=O) groups is 1. The Morgan fingerprint density at radius 1 is 1.08 bits per heavy atom. The van der Waals surface area contributed by atoms with Crippen LogP contribution in [0.5, 0.6) is 0 Å². The van der Waals surface area contributed by atoms with E-state index in [9.17, 15) is 4.79 Å². The van der Waals surface area contributed by atoms with Crippen LogP contribution in [0.2, 0.25) is 0 Å². The summed E-state index contributed by atoms with van der Waals surface area (Å²) in [5.74, 6) is 0.0709. The summed E-state index contributed by atoms with van der Waals surface area (Å²) in [5, 5.41) is 10.7. The fourth-order valence-electron chi connectivity index (χ4n) is 3.70. The number of amides is 1. The van der Waals surface area contributed by atoms with E-state index in [-0.39, 0.29) is 11.9 Å². The standard InChI is InChI=1S/C19H20N4O/c1-12-8-13(2)10-15(9-12)18-4-3-7-23(18)19(24)14-5-6-16-17(11-14)21-22-20-16/h5-6,8-11,18H,3-4,7H2,1-2H3,(H,20,21,22). The molecule has 1 atom stereocenters. The Labute approximate surface area is 140 Å². The molecule has 4 rings (SSSR count). The molecule has 1 unspecified atom stereocenters. The molecule has 2 heterocycles. The molecule has 0 saturated carbocycles. The Morgan fingerprint density at radius 2 is 1.83 bits per heavy atom. The average molecular weight is 320 g/mol. The van der Waals surface area contributed by atoms with Crippen LogP contribution in [0, 0.1) is 13.8 Å². The van der Waals surface area contributed by atoms with E-state index in [2.05, 4.69) is 47.5 Å². The maximum absolute atomic E-state index is 13.0. The first kappa shape index (κ1) is 14.9. The Hall–Kier alpha value is -2.69. The molecule has 2 aromatic carbocycles. The highest BCUT2D eigenvalue weighted by Gasteiger charge is 2.31. The molecule has 122 valence electrons. The third-order valence-electron chi connectivity index (χ3n) is 4.71. The molecule has 1 saturated heterocycles. The normalized spacial score (nSPS) is 17.6. The van der Waals surface area contributed by atoms with Gasteiger partial charge in [0.25, 0.3) is 5.91 Å². The van der Waals surface area contributed by atoms with Crippen molar-refractivity contribution in [2.24, 2.45) is 0 Å². The third-order valence-corrected chi connectivity index (χ3v) is 4.71. The highest BCUT2D eigenvalue weighted by molar-refractivity contribution is 5.97. The van der Waals surface area contributed by atoms with Gasteiger partial charge in [-0.3, -0.25) is 4.79 Å². The molecule has 5 nitrogen and oxygen atoms in total. The lowest BCUT2D eigenvalue weighted by molar-refractivity contribution is 0.0735. The average Bonchev–Trinajstić information content (AvgIpc) is 3.21. The van der Waals surface area contributed by atoms with Crippen molar-refractivity contribution < 1.29 is 4.79 Å². The van der Waals surface area contributed by atoms with Gasteiger partial charge in [0.1, 0.15) is 11.0 Å². The van der Waals surface area contributed by atoms with Crippen LogP contribution >= 0.6 is 0 Å². The molecule has 1 N–H and O–H groups in total. The lowest BCUT2D eigenvalue weighted by atomic mass is 9.99. The number of fused-ring (bicyclic) bond motifs is 1. The minimum absolute atomic E-state index is 0.0709. The quantitative estimate of drug-likeness (QED) is 0.785. The van der Waals surface area contributed by atoms with Crippen molar-refractivity contribution in [1.82, 2.24) is 20.3 Å². The van der Waals surface area contributed by atoms with Gasteiger partial charge in [0, 0.05) is 12.1 Å². The molecule has 0 radical (unpaired) electrons. The number of rotatable bonds is 2. The summed E-state index contributed by atoms with van der Waals surface area (Å²) in [7, 11) is 0. The number of aryl methyl sites for hydroxylation is 2.